The largest absolute Gasteiger partial charge is 0.459 e. The maximum Gasteiger partial charge on any atom is 0.311 e. The summed E-state index contributed by atoms with van der Waals surface area (Å²) in [5, 5.41) is 117. The lowest BCUT2D eigenvalue weighted by Crippen LogP contribution is -2.60. The van der Waals surface area contributed by atoms with Gasteiger partial charge in [-0.05, 0) is 141 Å². The standard InChI is InChI=1S/C33H62N2O10.C29H56N2O9.H2/c1-13-24-33(10,42)27(38)22(8)34(11)16-18(4)15-32(9,41)28(20(6)25(36)21(7)30(40)44-24)45-31-26(37)23(14-19(5)43-31)35(12)29(39)17(2)3;1-11-21-29(8,37)24(34)19(6)31(10)14-15(2)13-28(7,36)25(17(4)22(32)18(5)26(35)39-21)40-27-23(33)20(30-9)12-16(3)38-27;/h17-28,31,36-38,41-42H,13-16H2,1-12H3;15-25,27,30,32-34,36-37H,11-14H2,1-10H3;1H/t18-,19-,20+,21-,22-,23+,24-,25+,26-,27-,28-,31+,32-,33-;15-,16-,17+,18-,19-,20+,21-,22+,23-,24-,25-,27+,28-,29-;/m11./s1. The topological polar surface area (TPSA) is 331 Å². The first-order valence-corrected chi connectivity index (χ1v) is 31.3. The Morgan fingerprint density at radius 1 is 0.635 bits per heavy atom. The van der Waals surface area contributed by atoms with Crippen LogP contribution < -0.4 is 5.32 Å². The number of hydrogen-bond donors (Lipinski definition) is 11. The number of amides is 1. The van der Waals surface area contributed by atoms with Gasteiger partial charge in [0, 0.05) is 57.4 Å². The van der Waals surface area contributed by atoms with Crippen LogP contribution in [0, 0.1) is 41.4 Å². The molecule has 0 aliphatic carbocycles. The highest BCUT2D eigenvalue weighted by Gasteiger charge is 2.53. The van der Waals surface area contributed by atoms with Gasteiger partial charge >= 0.3 is 11.9 Å². The number of aliphatic hydroxyl groups is 10. The second-order valence-electron chi connectivity index (χ2n) is 27.7. The van der Waals surface area contributed by atoms with Crippen LogP contribution in [0.3, 0.4) is 0 Å². The predicted molar refractivity (Wildman–Crippen MR) is 321 cm³/mol. The minimum Gasteiger partial charge on any atom is -0.459 e. The van der Waals surface area contributed by atoms with Gasteiger partial charge in [0.15, 0.2) is 12.6 Å². The summed E-state index contributed by atoms with van der Waals surface area (Å²) in [7, 11) is 7.03. The number of ether oxygens (including phenoxy) is 6. The van der Waals surface area contributed by atoms with Gasteiger partial charge in [0.1, 0.15) is 47.8 Å². The van der Waals surface area contributed by atoms with Crippen LogP contribution in [0.15, 0.2) is 0 Å². The summed E-state index contributed by atoms with van der Waals surface area (Å²) in [6, 6.07) is -1.92. The van der Waals surface area contributed by atoms with Gasteiger partial charge in [0.05, 0.1) is 65.7 Å². The van der Waals surface area contributed by atoms with Crippen molar-refractivity contribution in [3.05, 3.63) is 0 Å². The number of nitrogens with zero attached hydrogens (tertiary/aromatic N) is 3. The first kappa shape index (κ1) is 77.0. The van der Waals surface area contributed by atoms with E-state index in [1.807, 2.05) is 51.6 Å². The Balaban J connectivity index is 0.000000584. The monoisotopic (exact) mass is 1220 g/mol. The lowest BCUT2D eigenvalue weighted by molar-refractivity contribution is -0.299. The van der Waals surface area contributed by atoms with Crippen LogP contribution in [-0.4, -0.2) is 257 Å². The van der Waals surface area contributed by atoms with Crippen LogP contribution in [0.4, 0.5) is 0 Å². The van der Waals surface area contributed by atoms with Gasteiger partial charge in [0.25, 0.3) is 0 Å². The number of hydrogen-bond acceptors (Lipinski definition) is 22. The molecule has 0 aromatic heterocycles. The fourth-order valence-electron chi connectivity index (χ4n) is 13.7. The highest BCUT2D eigenvalue weighted by molar-refractivity contribution is 5.78. The van der Waals surface area contributed by atoms with Gasteiger partial charge in [-0.3, -0.25) is 14.4 Å². The Hall–Kier alpha value is -2.27. The molecule has 0 spiro atoms. The number of cyclic esters (lactones) is 2. The van der Waals surface area contributed by atoms with E-state index in [2.05, 4.69) is 5.32 Å². The quantitative estimate of drug-likeness (QED) is 0.148. The van der Waals surface area contributed by atoms with Crippen molar-refractivity contribution in [1.29, 1.82) is 0 Å². The summed E-state index contributed by atoms with van der Waals surface area (Å²) in [5.74, 6) is -5.94. The van der Waals surface area contributed by atoms with Gasteiger partial charge in [0.2, 0.25) is 5.91 Å². The summed E-state index contributed by atoms with van der Waals surface area (Å²) < 4.78 is 36.1. The van der Waals surface area contributed by atoms with E-state index in [-0.39, 0.29) is 69.0 Å². The molecule has 4 saturated heterocycles. The number of esters is 2. The third-order valence-electron chi connectivity index (χ3n) is 19.3. The Morgan fingerprint density at radius 3 is 1.33 bits per heavy atom. The van der Waals surface area contributed by atoms with Crippen molar-refractivity contribution in [2.45, 2.75) is 296 Å². The summed E-state index contributed by atoms with van der Waals surface area (Å²) in [6.07, 6.45) is -12.6. The molecule has 4 fully saturated rings. The van der Waals surface area contributed by atoms with Gasteiger partial charge in [-0.2, -0.15) is 0 Å². The average molecular weight is 1230 g/mol. The molecule has 23 nitrogen and oxygen atoms in total. The summed E-state index contributed by atoms with van der Waals surface area (Å²) in [5.41, 5.74) is -6.60. The normalized spacial score (nSPS) is 46.9. The summed E-state index contributed by atoms with van der Waals surface area (Å²) in [6.45, 7) is 31.6. The Kier molecular flexibility index (Phi) is 28.7. The number of carbonyl (C=O) groups is 3. The van der Waals surface area contributed by atoms with Crippen LogP contribution in [0.2, 0.25) is 0 Å². The zero-order chi connectivity index (χ0) is 65.5. The lowest BCUT2D eigenvalue weighted by atomic mass is 9.78. The summed E-state index contributed by atoms with van der Waals surface area (Å²) in [4.78, 5) is 44.7. The molecule has 28 atom stereocenters. The molecule has 11 N–H and O–H groups in total. The van der Waals surface area contributed by atoms with Gasteiger partial charge in [-0.1, -0.05) is 55.4 Å². The number of likely N-dealkylation sites (N-methyl/N-ethyl adjacent to an activating group) is 4. The van der Waals surface area contributed by atoms with Crippen molar-refractivity contribution in [2.75, 3.05) is 41.3 Å². The molecule has 0 unspecified atom stereocenters. The predicted octanol–water partition coefficient (Wildman–Crippen LogP) is 2.41. The average Bonchev–Trinajstić information content (AvgIpc) is 2.60. The zero-order valence-corrected chi connectivity index (χ0v) is 55.6. The SMILES string of the molecule is CC[C@H]1OC(=O)[C@H](C)[C@@H](O)[C@H](C)[C@@H](O[C@@H]2O[C@H](C)C[C@H](N(C)C(=O)C(C)C)[C@H]2O)[C@](C)(O)C[C@@H](C)CN(C)[C@H](C)[C@@H](O)[C@]1(C)O.CC[C@H]1OC(=O)[C@H](C)[C@@H](O)[C@H](C)[C@@H](O[C@@H]2O[C@H](C)C[C@H](NC)[C@H]2O)[C@](C)(O)C[C@@H](C)CN(C)[C@H](C)[C@@H](O)[C@]1(C)O.[HH]. The van der Waals surface area contributed by atoms with Crippen molar-refractivity contribution in [3.63, 3.8) is 0 Å². The van der Waals surface area contributed by atoms with E-state index in [1.54, 1.807) is 83.3 Å². The minimum atomic E-state index is -1.78. The number of aliphatic hydroxyl groups excluding tert-OH is 6. The molecule has 0 radical (unpaired) electrons. The smallest absolute Gasteiger partial charge is 0.311 e. The molecule has 4 aliphatic rings. The highest BCUT2D eigenvalue weighted by Crippen LogP contribution is 2.39. The van der Waals surface area contributed by atoms with Crippen molar-refractivity contribution in [1.82, 2.24) is 20.0 Å². The third-order valence-corrected chi connectivity index (χ3v) is 19.3. The molecule has 1 amide bonds. The second kappa shape index (κ2) is 31.6. The maximum atomic E-state index is 13.4. The van der Waals surface area contributed by atoms with E-state index < -0.39 is 150 Å². The first-order chi connectivity index (χ1) is 39.0. The second-order valence-corrected chi connectivity index (χ2v) is 27.7. The van der Waals surface area contributed by atoms with Crippen LogP contribution in [0.1, 0.15) is 165 Å². The molecular formula is C62H120N4O19. The molecule has 0 saturated carbocycles. The fraction of sp³-hybridized carbons (Fsp3) is 0.952. The van der Waals surface area contributed by atoms with E-state index in [0.717, 1.165) is 0 Å². The Morgan fingerprint density at radius 2 is 0.988 bits per heavy atom. The third kappa shape index (κ3) is 18.9. The molecule has 4 rings (SSSR count). The van der Waals surface area contributed by atoms with E-state index in [9.17, 15) is 65.4 Å². The van der Waals surface area contributed by atoms with E-state index in [4.69, 9.17) is 28.4 Å². The number of rotatable bonds is 9. The fourth-order valence-corrected chi connectivity index (χ4v) is 13.7. The molecule has 4 heterocycles. The van der Waals surface area contributed by atoms with Crippen LogP contribution in [-0.2, 0) is 42.8 Å². The van der Waals surface area contributed by atoms with Crippen molar-refractivity contribution in [2.24, 2.45) is 41.4 Å². The first-order valence-electron chi connectivity index (χ1n) is 31.3. The number of nitrogens with one attached hydrogen (secondary N) is 1. The Labute approximate surface area is 509 Å². The van der Waals surface area contributed by atoms with Gasteiger partial charge in [-0.15, -0.1) is 0 Å². The van der Waals surface area contributed by atoms with E-state index >= 15 is 0 Å². The van der Waals surface area contributed by atoms with Crippen LogP contribution >= 0.6 is 0 Å². The molecular weight excluding hydrogens is 1100 g/mol. The molecule has 0 aromatic rings. The van der Waals surface area contributed by atoms with Gasteiger partial charge < -0.3 is 99.5 Å². The maximum absolute atomic E-state index is 13.4. The van der Waals surface area contributed by atoms with Crippen molar-refractivity contribution < 1.29 is 95.3 Å². The minimum absolute atomic E-state index is 0. The molecule has 85 heavy (non-hydrogen) atoms. The van der Waals surface area contributed by atoms with E-state index in [1.165, 1.54) is 32.6 Å². The van der Waals surface area contributed by atoms with Crippen molar-refractivity contribution >= 4 is 17.8 Å². The van der Waals surface area contributed by atoms with Crippen LogP contribution in [0.25, 0.3) is 0 Å². The van der Waals surface area contributed by atoms with E-state index in [0.29, 0.717) is 25.9 Å². The molecule has 502 valence electrons. The molecule has 0 bridgehead atoms. The highest BCUT2D eigenvalue weighted by atomic mass is 16.7. The van der Waals surface area contributed by atoms with Crippen LogP contribution in [0.5, 0.6) is 0 Å². The van der Waals surface area contributed by atoms with Gasteiger partial charge in [-0.25, -0.2) is 0 Å². The molecule has 0 aromatic carbocycles. The number of carbonyl (C=O) groups excluding carboxylic acids is 3. The zero-order valence-electron chi connectivity index (χ0n) is 55.6. The molecule has 23 heteroatoms. The molecule has 4 aliphatic heterocycles. The van der Waals surface area contributed by atoms with Crippen molar-refractivity contribution in [3.8, 4) is 0 Å². The Bertz CT molecular complexity index is 2080. The lowest BCUT2D eigenvalue weighted by Gasteiger charge is -2.47. The summed E-state index contributed by atoms with van der Waals surface area (Å²) >= 11 is 0.